The van der Waals surface area contributed by atoms with E-state index in [4.69, 9.17) is 4.74 Å². The van der Waals surface area contributed by atoms with Crippen molar-refractivity contribution in [1.82, 2.24) is 10.2 Å². The number of methoxy groups -OCH3 is 1. The molecule has 1 aliphatic rings. The minimum atomic E-state index is -2.44. The number of nitrogens with one attached hydrogen (secondary N) is 1. The molecule has 1 heterocycles. The van der Waals surface area contributed by atoms with Crippen molar-refractivity contribution in [3.8, 4) is 5.75 Å². The Kier molecular flexibility index (Phi) is 7.59. The lowest BCUT2D eigenvalue weighted by Gasteiger charge is -2.27. The Bertz CT molecular complexity index is 482. The van der Waals surface area contributed by atoms with Gasteiger partial charge in [0.1, 0.15) is 5.75 Å². The average molecular weight is 344 g/mol. The number of thioether (sulfide) groups is 1. The highest BCUT2D eigenvalue weighted by Gasteiger charge is 2.14. The van der Waals surface area contributed by atoms with Crippen LogP contribution in [0.5, 0.6) is 5.75 Å². The summed E-state index contributed by atoms with van der Waals surface area (Å²) in [6.45, 7) is 6.47. The van der Waals surface area contributed by atoms with Crippen LogP contribution in [0.3, 0.4) is 0 Å². The first-order chi connectivity index (χ1) is 11.1. The summed E-state index contributed by atoms with van der Waals surface area (Å²) >= 11 is 0.521. The minimum Gasteiger partial charge on any atom is -0.496 e. The summed E-state index contributed by atoms with van der Waals surface area (Å²) in [4.78, 5) is 2.97. The van der Waals surface area contributed by atoms with E-state index in [-0.39, 0.29) is 6.04 Å². The van der Waals surface area contributed by atoms with Crippen molar-refractivity contribution in [3.63, 3.8) is 0 Å². The van der Waals surface area contributed by atoms with Crippen molar-refractivity contribution in [2.75, 3.05) is 33.3 Å². The molecule has 1 aromatic carbocycles. The zero-order valence-electron chi connectivity index (χ0n) is 13.9. The van der Waals surface area contributed by atoms with Gasteiger partial charge in [0.25, 0.3) is 5.76 Å². The third kappa shape index (κ3) is 5.94. The molecule has 0 spiro atoms. The van der Waals surface area contributed by atoms with Crippen LogP contribution in [0, 0.1) is 0 Å². The Balaban J connectivity index is 1.86. The lowest BCUT2D eigenvalue weighted by Crippen LogP contribution is -2.36. The monoisotopic (exact) mass is 344 g/mol. The molecule has 0 unspecified atom stereocenters. The molecule has 1 saturated heterocycles. The van der Waals surface area contributed by atoms with Crippen LogP contribution in [-0.4, -0.2) is 43.9 Å². The summed E-state index contributed by atoms with van der Waals surface area (Å²) in [6.07, 6.45) is 3.95. The molecule has 0 aliphatic carbocycles. The zero-order valence-corrected chi connectivity index (χ0v) is 14.7. The molecule has 23 heavy (non-hydrogen) atoms. The predicted octanol–water partition coefficient (Wildman–Crippen LogP) is 4.15. The van der Waals surface area contributed by atoms with E-state index in [9.17, 15) is 8.78 Å². The van der Waals surface area contributed by atoms with Crippen molar-refractivity contribution in [2.45, 2.75) is 42.9 Å². The highest BCUT2D eigenvalue weighted by atomic mass is 32.2. The lowest BCUT2D eigenvalue weighted by atomic mass is 10.1. The van der Waals surface area contributed by atoms with E-state index < -0.39 is 5.76 Å². The SMILES string of the molecule is COc1cc([C@H](C)NCCN2CCCCC2)ccc1SC(F)F. The molecule has 2 rings (SSSR count). The van der Waals surface area contributed by atoms with Crippen LogP contribution in [0.15, 0.2) is 23.1 Å². The molecule has 0 amide bonds. The number of hydrogen-bond donors (Lipinski definition) is 1. The van der Waals surface area contributed by atoms with Gasteiger partial charge in [0.05, 0.1) is 12.0 Å². The van der Waals surface area contributed by atoms with E-state index in [1.807, 2.05) is 12.1 Å². The third-order valence-corrected chi connectivity index (χ3v) is 5.00. The van der Waals surface area contributed by atoms with E-state index >= 15 is 0 Å². The van der Waals surface area contributed by atoms with Gasteiger partial charge in [0.15, 0.2) is 0 Å². The Morgan fingerprint density at radius 2 is 2.00 bits per heavy atom. The number of piperidine rings is 1. The van der Waals surface area contributed by atoms with Crippen LogP contribution in [0.4, 0.5) is 8.78 Å². The van der Waals surface area contributed by atoms with Crippen LogP contribution in [0.1, 0.15) is 37.8 Å². The van der Waals surface area contributed by atoms with Crippen molar-refractivity contribution in [1.29, 1.82) is 0 Å². The number of likely N-dealkylation sites (tertiary alicyclic amines) is 1. The molecule has 1 N–H and O–H groups in total. The van der Waals surface area contributed by atoms with Crippen LogP contribution in [0.25, 0.3) is 0 Å². The van der Waals surface area contributed by atoms with Gasteiger partial charge in [-0.1, -0.05) is 24.2 Å². The third-order valence-electron chi connectivity index (χ3n) is 4.23. The number of hydrogen-bond acceptors (Lipinski definition) is 4. The van der Waals surface area contributed by atoms with Gasteiger partial charge in [0, 0.05) is 19.1 Å². The van der Waals surface area contributed by atoms with E-state index in [1.54, 1.807) is 6.07 Å². The van der Waals surface area contributed by atoms with Crippen LogP contribution >= 0.6 is 11.8 Å². The van der Waals surface area contributed by atoms with Crippen molar-refractivity contribution >= 4 is 11.8 Å². The number of rotatable bonds is 8. The largest absolute Gasteiger partial charge is 0.496 e. The summed E-state index contributed by atoms with van der Waals surface area (Å²) in [5, 5.41) is 3.51. The van der Waals surface area contributed by atoms with Crippen molar-refractivity contribution in [2.24, 2.45) is 0 Å². The summed E-state index contributed by atoms with van der Waals surface area (Å²) in [6, 6.07) is 5.63. The maximum absolute atomic E-state index is 12.5. The highest BCUT2D eigenvalue weighted by Crippen LogP contribution is 2.35. The zero-order chi connectivity index (χ0) is 16.7. The van der Waals surface area contributed by atoms with Gasteiger partial charge < -0.3 is 15.0 Å². The first kappa shape index (κ1) is 18.5. The van der Waals surface area contributed by atoms with Gasteiger partial charge in [-0.2, -0.15) is 8.78 Å². The standard InChI is InChI=1S/C17H26F2N2OS/c1-13(20-8-11-21-9-4-3-5-10-21)14-6-7-16(23-17(18)19)15(12-14)22-2/h6-7,12-13,17,20H,3-5,8-11H2,1-2H3/t13-/m0/s1. The summed E-state index contributed by atoms with van der Waals surface area (Å²) in [7, 11) is 1.52. The minimum absolute atomic E-state index is 0.166. The van der Waals surface area contributed by atoms with E-state index in [2.05, 4.69) is 17.1 Å². The van der Waals surface area contributed by atoms with Crippen LogP contribution < -0.4 is 10.1 Å². The fraction of sp³-hybridized carbons (Fsp3) is 0.647. The molecule has 6 heteroatoms. The first-order valence-corrected chi connectivity index (χ1v) is 9.06. The average Bonchev–Trinajstić information content (AvgIpc) is 2.55. The van der Waals surface area contributed by atoms with Gasteiger partial charge in [-0.15, -0.1) is 0 Å². The molecule has 1 atom stereocenters. The van der Waals surface area contributed by atoms with Gasteiger partial charge >= 0.3 is 0 Å². The summed E-state index contributed by atoms with van der Waals surface area (Å²) < 4.78 is 30.3. The molecule has 1 aromatic rings. The quantitative estimate of drug-likeness (QED) is 0.716. The second-order valence-electron chi connectivity index (χ2n) is 5.87. The Morgan fingerprint density at radius 3 is 2.65 bits per heavy atom. The molecule has 0 radical (unpaired) electrons. The van der Waals surface area contributed by atoms with Crippen LogP contribution in [-0.2, 0) is 0 Å². The topological polar surface area (TPSA) is 24.5 Å². The molecular formula is C17H26F2N2OS. The van der Waals surface area contributed by atoms with Gasteiger partial charge in [-0.3, -0.25) is 0 Å². The lowest BCUT2D eigenvalue weighted by molar-refractivity contribution is 0.227. The number of benzene rings is 1. The Morgan fingerprint density at radius 1 is 1.26 bits per heavy atom. The van der Waals surface area contributed by atoms with Crippen LogP contribution in [0.2, 0.25) is 0 Å². The fourth-order valence-electron chi connectivity index (χ4n) is 2.89. The smallest absolute Gasteiger partial charge is 0.289 e. The normalized spacial score (nSPS) is 17.4. The van der Waals surface area contributed by atoms with Crippen molar-refractivity contribution < 1.29 is 13.5 Å². The Labute approximate surface area is 141 Å². The first-order valence-electron chi connectivity index (χ1n) is 8.18. The molecule has 0 aromatic heterocycles. The summed E-state index contributed by atoms with van der Waals surface area (Å²) in [5.74, 6) is -1.92. The van der Waals surface area contributed by atoms with E-state index in [1.165, 1.54) is 39.5 Å². The maximum Gasteiger partial charge on any atom is 0.289 e. The second kappa shape index (κ2) is 9.45. The van der Waals surface area contributed by atoms with Crippen molar-refractivity contribution in [3.05, 3.63) is 23.8 Å². The number of alkyl halides is 2. The highest BCUT2D eigenvalue weighted by molar-refractivity contribution is 7.99. The van der Waals surface area contributed by atoms with Gasteiger partial charge in [-0.05, 0) is 50.6 Å². The molecular weight excluding hydrogens is 318 g/mol. The summed E-state index contributed by atoms with van der Waals surface area (Å²) in [5.41, 5.74) is 1.05. The van der Waals surface area contributed by atoms with E-state index in [0.717, 1.165) is 18.7 Å². The number of ether oxygens (including phenoxy) is 1. The van der Waals surface area contributed by atoms with E-state index in [0.29, 0.717) is 22.4 Å². The van der Waals surface area contributed by atoms with Gasteiger partial charge in [0.2, 0.25) is 0 Å². The maximum atomic E-state index is 12.5. The second-order valence-corrected chi connectivity index (χ2v) is 6.90. The molecule has 0 bridgehead atoms. The number of nitrogens with zero attached hydrogens (tertiary/aromatic N) is 1. The Hall–Kier alpha value is -0.850. The molecule has 1 fully saturated rings. The van der Waals surface area contributed by atoms with Gasteiger partial charge in [-0.25, -0.2) is 0 Å². The molecule has 1 aliphatic heterocycles. The predicted molar refractivity (Wildman–Crippen MR) is 91.6 cm³/mol. The number of halogens is 2. The fourth-order valence-corrected chi connectivity index (χ4v) is 3.48. The molecule has 130 valence electrons. The molecule has 0 saturated carbocycles. The molecule has 3 nitrogen and oxygen atoms in total.